The molecule has 1 aromatic carbocycles. The van der Waals surface area contributed by atoms with E-state index in [0.29, 0.717) is 24.1 Å². The zero-order valence-electron chi connectivity index (χ0n) is 15.8. The molecule has 0 radical (unpaired) electrons. The van der Waals surface area contributed by atoms with Crippen molar-refractivity contribution in [2.24, 2.45) is 0 Å². The zero-order valence-corrected chi connectivity index (χ0v) is 17.4. The molecule has 3 unspecified atom stereocenters. The summed E-state index contributed by atoms with van der Waals surface area (Å²) in [7, 11) is 0. The number of amides is 2. The molecule has 7 nitrogen and oxygen atoms in total. The molecule has 1 N–H and O–H groups in total. The van der Waals surface area contributed by atoms with Crippen molar-refractivity contribution in [1.82, 2.24) is 15.2 Å². The van der Waals surface area contributed by atoms with Crippen LogP contribution in [-0.4, -0.2) is 52.8 Å². The molecule has 0 spiro atoms. The summed E-state index contributed by atoms with van der Waals surface area (Å²) in [5.41, 5.74) is -0.345. The average molecular weight is 458 g/mol. The lowest BCUT2D eigenvalue weighted by Gasteiger charge is -2.35. The van der Waals surface area contributed by atoms with Crippen LogP contribution in [0.4, 0.5) is 0 Å². The Hall–Kier alpha value is -2.58. The maximum absolute atomic E-state index is 13.7. The van der Waals surface area contributed by atoms with E-state index >= 15 is 0 Å². The first-order chi connectivity index (χ1) is 13.9. The first-order valence-corrected chi connectivity index (χ1v) is 10.1. The molecule has 2 aliphatic heterocycles. The van der Waals surface area contributed by atoms with Gasteiger partial charge in [-0.2, -0.15) is 0 Å². The minimum absolute atomic E-state index is 0.0233. The van der Waals surface area contributed by atoms with Crippen molar-refractivity contribution in [3.63, 3.8) is 0 Å². The van der Waals surface area contributed by atoms with Gasteiger partial charge >= 0.3 is 0 Å². The Bertz CT molecular complexity index is 967. The van der Waals surface area contributed by atoms with E-state index in [1.165, 1.54) is 0 Å². The summed E-state index contributed by atoms with van der Waals surface area (Å²) in [5.74, 6) is -0.821. The zero-order chi connectivity index (χ0) is 20.6. The molecule has 0 saturated carbocycles. The van der Waals surface area contributed by atoms with Gasteiger partial charge in [-0.15, -0.1) is 0 Å². The molecule has 1 aromatic heterocycles. The maximum Gasteiger partial charge on any atom is 0.253 e. The molecule has 0 aliphatic carbocycles. The number of fused-ring (bicyclic) bond motifs is 1. The van der Waals surface area contributed by atoms with Crippen molar-refractivity contribution in [2.75, 3.05) is 13.2 Å². The number of aromatic nitrogens is 1. The number of nitrogens with one attached hydrogen (secondary N) is 1. The SMILES string of the molecule is CC(NC(=O)c1cccc(Br)c1)(C(=O)N1CCC2OCC(=O)C21)c1ccncc1. The summed E-state index contributed by atoms with van der Waals surface area (Å²) in [4.78, 5) is 44.5. The summed E-state index contributed by atoms with van der Waals surface area (Å²) in [5, 5.41) is 2.89. The lowest BCUT2D eigenvalue weighted by Crippen LogP contribution is -2.57. The lowest BCUT2D eigenvalue weighted by atomic mass is 9.90. The molecule has 150 valence electrons. The number of ether oxygens (including phenoxy) is 1. The van der Waals surface area contributed by atoms with Crippen LogP contribution in [0.3, 0.4) is 0 Å². The fraction of sp³-hybridized carbons (Fsp3) is 0.333. The third-order valence-corrected chi connectivity index (χ3v) is 6.00. The number of hydrogen-bond donors (Lipinski definition) is 1. The van der Waals surface area contributed by atoms with Crippen LogP contribution in [0.1, 0.15) is 29.3 Å². The normalized spacial score (nSPS) is 22.8. The number of Topliss-reactive ketones (excluding diaryl/α,β-unsaturated/α-hetero) is 1. The van der Waals surface area contributed by atoms with Crippen molar-refractivity contribution in [1.29, 1.82) is 0 Å². The molecule has 2 amide bonds. The van der Waals surface area contributed by atoms with Gasteiger partial charge < -0.3 is 15.0 Å². The fourth-order valence-corrected chi connectivity index (χ4v) is 4.37. The maximum atomic E-state index is 13.7. The van der Waals surface area contributed by atoms with Gasteiger partial charge in [0.05, 0.1) is 6.10 Å². The van der Waals surface area contributed by atoms with Crippen molar-refractivity contribution >= 4 is 33.5 Å². The molecule has 3 atom stereocenters. The average Bonchev–Trinajstić information content (AvgIpc) is 3.31. The molecule has 2 saturated heterocycles. The second-order valence-corrected chi connectivity index (χ2v) is 8.29. The third-order valence-electron chi connectivity index (χ3n) is 5.51. The first-order valence-electron chi connectivity index (χ1n) is 9.34. The molecule has 4 rings (SSSR count). The minimum atomic E-state index is -1.36. The van der Waals surface area contributed by atoms with Gasteiger partial charge in [-0.05, 0) is 49.2 Å². The molecular formula is C21H20BrN3O4. The standard InChI is InChI=1S/C21H20BrN3O4/c1-21(14-5-8-23-9-6-14,24-19(27)13-3-2-4-15(22)11-13)20(28)25-10-7-17-18(25)16(26)12-29-17/h2-6,8-9,11,17-18H,7,10,12H2,1H3,(H,24,27). The van der Waals surface area contributed by atoms with Crippen LogP contribution in [0.5, 0.6) is 0 Å². The Balaban J connectivity index is 1.69. The lowest BCUT2D eigenvalue weighted by molar-refractivity contribution is -0.141. The number of halogens is 1. The van der Waals surface area contributed by atoms with Gasteiger partial charge in [-0.3, -0.25) is 19.4 Å². The Morgan fingerprint density at radius 2 is 2.03 bits per heavy atom. The van der Waals surface area contributed by atoms with Crippen molar-refractivity contribution in [2.45, 2.75) is 31.0 Å². The van der Waals surface area contributed by atoms with Gasteiger partial charge in [0.25, 0.3) is 11.8 Å². The molecule has 2 fully saturated rings. The quantitative estimate of drug-likeness (QED) is 0.758. The van der Waals surface area contributed by atoms with Gasteiger partial charge in [0.15, 0.2) is 5.78 Å². The number of likely N-dealkylation sites (tertiary alicyclic amines) is 1. The van der Waals surface area contributed by atoms with Gasteiger partial charge in [0.1, 0.15) is 18.2 Å². The number of pyridine rings is 1. The summed E-state index contributed by atoms with van der Waals surface area (Å²) >= 11 is 3.36. The smallest absolute Gasteiger partial charge is 0.253 e. The van der Waals surface area contributed by atoms with Crippen LogP contribution in [-0.2, 0) is 19.9 Å². The summed E-state index contributed by atoms with van der Waals surface area (Å²) < 4.78 is 6.27. The van der Waals surface area contributed by atoms with E-state index in [1.807, 2.05) is 6.07 Å². The predicted molar refractivity (Wildman–Crippen MR) is 108 cm³/mol. The number of hydrogen-bond acceptors (Lipinski definition) is 5. The van der Waals surface area contributed by atoms with Gasteiger partial charge in [0, 0.05) is 29.0 Å². The van der Waals surface area contributed by atoms with E-state index < -0.39 is 11.6 Å². The minimum Gasteiger partial charge on any atom is -0.368 e. The topological polar surface area (TPSA) is 88.6 Å². The highest BCUT2D eigenvalue weighted by Crippen LogP contribution is 2.32. The third kappa shape index (κ3) is 3.58. The van der Waals surface area contributed by atoms with E-state index in [2.05, 4.69) is 26.2 Å². The fourth-order valence-electron chi connectivity index (χ4n) is 3.97. The van der Waals surface area contributed by atoms with E-state index in [9.17, 15) is 14.4 Å². The first kappa shape index (κ1) is 19.7. The number of benzene rings is 1. The highest BCUT2D eigenvalue weighted by molar-refractivity contribution is 9.10. The number of carbonyl (C=O) groups excluding carboxylic acids is 3. The molecule has 3 heterocycles. The second kappa shape index (κ2) is 7.68. The van der Waals surface area contributed by atoms with Crippen LogP contribution in [0, 0.1) is 0 Å². The molecule has 2 aliphatic rings. The van der Waals surface area contributed by atoms with Crippen LogP contribution < -0.4 is 5.32 Å². The van der Waals surface area contributed by atoms with Crippen LogP contribution >= 0.6 is 15.9 Å². The van der Waals surface area contributed by atoms with E-state index in [4.69, 9.17) is 4.74 Å². The number of ketones is 1. The summed E-state index contributed by atoms with van der Waals surface area (Å²) in [6, 6.07) is 9.74. The Kier molecular flexibility index (Phi) is 5.23. The molecule has 29 heavy (non-hydrogen) atoms. The predicted octanol–water partition coefficient (Wildman–Crippen LogP) is 2.06. The van der Waals surface area contributed by atoms with E-state index in [0.717, 1.165) is 4.47 Å². The van der Waals surface area contributed by atoms with E-state index in [1.54, 1.807) is 54.5 Å². The van der Waals surface area contributed by atoms with Gasteiger partial charge in [-0.25, -0.2) is 0 Å². The Labute approximate surface area is 176 Å². The van der Waals surface area contributed by atoms with Crippen LogP contribution in [0.2, 0.25) is 0 Å². The van der Waals surface area contributed by atoms with Crippen molar-refractivity contribution in [3.05, 3.63) is 64.4 Å². The summed E-state index contributed by atoms with van der Waals surface area (Å²) in [6.45, 7) is 2.09. The van der Waals surface area contributed by atoms with Gasteiger partial charge in [0.2, 0.25) is 0 Å². The van der Waals surface area contributed by atoms with Crippen LogP contribution in [0.25, 0.3) is 0 Å². The van der Waals surface area contributed by atoms with Crippen molar-refractivity contribution < 1.29 is 19.1 Å². The van der Waals surface area contributed by atoms with E-state index in [-0.39, 0.29) is 30.3 Å². The highest BCUT2D eigenvalue weighted by Gasteiger charge is 2.51. The molecule has 2 aromatic rings. The Morgan fingerprint density at radius 3 is 2.76 bits per heavy atom. The highest BCUT2D eigenvalue weighted by atomic mass is 79.9. The monoisotopic (exact) mass is 457 g/mol. The Morgan fingerprint density at radius 1 is 1.28 bits per heavy atom. The number of rotatable bonds is 4. The van der Waals surface area contributed by atoms with Gasteiger partial charge in [-0.1, -0.05) is 22.0 Å². The largest absolute Gasteiger partial charge is 0.368 e. The molecular weight excluding hydrogens is 438 g/mol. The van der Waals surface area contributed by atoms with Crippen LogP contribution in [0.15, 0.2) is 53.3 Å². The second-order valence-electron chi connectivity index (χ2n) is 7.37. The number of nitrogens with zero attached hydrogens (tertiary/aromatic N) is 2. The molecule has 8 heteroatoms. The molecule has 0 bridgehead atoms. The summed E-state index contributed by atoms with van der Waals surface area (Å²) in [6.07, 6.45) is 3.48. The number of carbonyl (C=O) groups is 3. The van der Waals surface area contributed by atoms with Crippen molar-refractivity contribution in [3.8, 4) is 0 Å².